The Morgan fingerprint density at radius 2 is 1.94 bits per heavy atom. The van der Waals surface area contributed by atoms with Crippen LogP contribution < -0.4 is 10.6 Å². The summed E-state index contributed by atoms with van der Waals surface area (Å²) in [5.74, 6) is 0.730. The molecular formula is C14H22N2. The molecule has 1 fully saturated rings. The van der Waals surface area contributed by atoms with Crippen LogP contribution in [-0.2, 0) is 0 Å². The van der Waals surface area contributed by atoms with Gasteiger partial charge in [-0.15, -0.1) is 0 Å². The summed E-state index contributed by atoms with van der Waals surface area (Å²) in [7, 11) is 2.02. The number of benzene rings is 1. The lowest BCUT2D eigenvalue weighted by Crippen LogP contribution is -2.46. The molecule has 0 heterocycles. The van der Waals surface area contributed by atoms with E-state index in [-0.39, 0.29) is 5.54 Å². The van der Waals surface area contributed by atoms with Gasteiger partial charge in [0.25, 0.3) is 0 Å². The first kappa shape index (κ1) is 11.6. The van der Waals surface area contributed by atoms with Gasteiger partial charge in [-0.1, -0.05) is 30.3 Å². The third kappa shape index (κ3) is 2.83. The Hall–Kier alpha value is -0.860. The Kier molecular flexibility index (Phi) is 3.31. The van der Waals surface area contributed by atoms with E-state index in [0.29, 0.717) is 6.04 Å². The Bertz CT molecular complexity index is 332. The maximum absolute atomic E-state index is 3.63. The SMILES string of the molecule is CNC(C)(C)CNC1CC1c1ccccc1. The lowest BCUT2D eigenvalue weighted by atomic mass is 10.1. The van der Waals surface area contributed by atoms with Gasteiger partial charge < -0.3 is 10.6 Å². The fraction of sp³-hybridized carbons (Fsp3) is 0.571. The van der Waals surface area contributed by atoms with E-state index in [1.54, 1.807) is 0 Å². The molecule has 1 aliphatic carbocycles. The van der Waals surface area contributed by atoms with Gasteiger partial charge in [-0.3, -0.25) is 0 Å². The number of likely N-dealkylation sites (N-methyl/N-ethyl adjacent to an activating group) is 1. The van der Waals surface area contributed by atoms with Gasteiger partial charge in [-0.05, 0) is 32.9 Å². The zero-order valence-corrected chi connectivity index (χ0v) is 10.5. The summed E-state index contributed by atoms with van der Waals surface area (Å²) in [6, 6.07) is 11.5. The predicted octanol–water partition coefficient (Wildman–Crippen LogP) is 2.13. The summed E-state index contributed by atoms with van der Waals surface area (Å²) in [5, 5.41) is 6.95. The summed E-state index contributed by atoms with van der Waals surface area (Å²) in [6.45, 7) is 5.47. The predicted molar refractivity (Wildman–Crippen MR) is 68.7 cm³/mol. The van der Waals surface area contributed by atoms with Crippen LogP contribution >= 0.6 is 0 Å². The summed E-state index contributed by atoms with van der Waals surface area (Å²) >= 11 is 0. The van der Waals surface area contributed by atoms with E-state index in [4.69, 9.17) is 0 Å². The Morgan fingerprint density at radius 3 is 2.56 bits per heavy atom. The van der Waals surface area contributed by atoms with Crippen LogP contribution in [0.5, 0.6) is 0 Å². The largest absolute Gasteiger partial charge is 0.314 e. The second-order valence-electron chi connectivity index (χ2n) is 5.37. The second kappa shape index (κ2) is 4.56. The molecule has 0 aliphatic heterocycles. The normalized spacial score (nSPS) is 24.4. The maximum Gasteiger partial charge on any atom is 0.0246 e. The molecule has 0 spiro atoms. The van der Waals surface area contributed by atoms with E-state index < -0.39 is 0 Å². The quantitative estimate of drug-likeness (QED) is 0.791. The van der Waals surface area contributed by atoms with E-state index in [1.165, 1.54) is 12.0 Å². The average Bonchev–Trinajstić information content (AvgIpc) is 3.07. The van der Waals surface area contributed by atoms with Crippen molar-refractivity contribution in [3.63, 3.8) is 0 Å². The van der Waals surface area contributed by atoms with E-state index in [2.05, 4.69) is 54.8 Å². The molecule has 0 saturated heterocycles. The standard InChI is InChI=1S/C14H22N2/c1-14(2,15-3)10-16-13-9-12(13)11-7-5-4-6-8-11/h4-8,12-13,15-16H,9-10H2,1-3H3. The van der Waals surface area contributed by atoms with Gasteiger partial charge in [-0.2, -0.15) is 0 Å². The molecule has 2 nitrogen and oxygen atoms in total. The fourth-order valence-electron chi connectivity index (χ4n) is 1.96. The Balaban J connectivity index is 1.80. The molecule has 2 heteroatoms. The minimum Gasteiger partial charge on any atom is -0.314 e. The molecular weight excluding hydrogens is 196 g/mol. The third-order valence-electron chi connectivity index (χ3n) is 3.50. The summed E-state index contributed by atoms with van der Waals surface area (Å²) in [5.41, 5.74) is 1.66. The van der Waals surface area contributed by atoms with Crippen LogP contribution in [0.4, 0.5) is 0 Å². The molecule has 1 saturated carbocycles. The van der Waals surface area contributed by atoms with Crippen LogP contribution in [0.3, 0.4) is 0 Å². The minimum atomic E-state index is 0.184. The molecule has 0 amide bonds. The highest BCUT2D eigenvalue weighted by Crippen LogP contribution is 2.40. The number of nitrogens with one attached hydrogen (secondary N) is 2. The Morgan fingerprint density at radius 1 is 1.25 bits per heavy atom. The lowest BCUT2D eigenvalue weighted by molar-refractivity contribution is 0.391. The van der Waals surface area contributed by atoms with Crippen molar-refractivity contribution in [3.05, 3.63) is 35.9 Å². The highest BCUT2D eigenvalue weighted by molar-refractivity contribution is 5.27. The molecule has 1 aromatic rings. The van der Waals surface area contributed by atoms with E-state index in [0.717, 1.165) is 12.5 Å². The van der Waals surface area contributed by atoms with E-state index >= 15 is 0 Å². The molecule has 1 aliphatic rings. The van der Waals surface area contributed by atoms with Crippen molar-refractivity contribution >= 4 is 0 Å². The van der Waals surface area contributed by atoms with Crippen LogP contribution in [0.25, 0.3) is 0 Å². The first-order valence-electron chi connectivity index (χ1n) is 6.09. The zero-order chi connectivity index (χ0) is 11.6. The average molecular weight is 218 g/mol. The van der Waals surface area contributed by atoms with Gasteiger partial charge in [-0.25, -0.2) is 0 Å². The second-order valence-corrected chi connectivity index (χ2v) is 5.37. The van der Waals surface area contributed by atoms with Crippen molar-refractivity contribution in [2.75, 3.05) is 13.6 Å². The highest BCUT2D eigenvalue weighted by Gasteiger charge is 2.38. The number of rotatable bonds is 5. The minimum absolute atomic E-state index is 0.184. The van der Waals surface area contributed by atoms with Gasteiger partial charge in [0.2, 0.25) is 0 Å². The van der Waals surface area contributed by atoms with E-state index in [9.17, 15) is 0 Å². The molecule has 2 unspecified atom stereocenters. The molecule has 1 aromatic carbocycles. The smallest absolute Gasteiger partial charge is 0.0246 e. The fourth-order valence-corrected chi connectivity index (χ4v) is 1.96. The van der Waals surface area contributed by atoms with Gasteiger partial charge in [0.1, 0.15) is 0 Å². The van der Waals surface area contributed by atoms with Crippen LogP contribution in [0.15, 0.2) is 30.3 Å². The number of hydrogen-bond acceptors (Lipinski definition) is 2. The van der Waals surface area contributed by atoms with Crippen molar-refractivity contribution in [3.8, 4) is 0 Å². The summed E-state index contributed by atoms with van der Waals surface area (Å²) in [4.78, 5) is 0. The number of hydrogen-bond donors (Lipinski definition) is 2. The molecule has 2 N–H and O–H groups in total. The van der Waals surface area contributed by atoms with Crippen molar-refractivity contribution < 1.29 is 0 Å². The molecule has 88 valence electrons. The van der Waals surface area contributed by atoms with Crippen molar-refractivity contribution in [2.45, 2.75) is 37.8 Å². The summed E-state index contributed by atoms with van der Waals surface area (Å²) in [6.07, 6.45) is 1.28. The van der Waals surface area contributed by atoms with Gasteiger partial charge in [0.05, 0.1) is 0 Å². The van der Waals surface area contributed by atoms with E-state index in [1.807, 2.05) is 7.05 Å². The topological polar surface area (TPSA) is 24.1 Å². The van der Waals surface area contributed by atoms with Crippen LogP contribution in [0, 0.1) is 0 Å². The van der Waals surface area contributed by atoms with Gasteiger partial charge in [0, 0.05) is 24.0 Å². The summed E-state index contributed by atoms with van der Waals surface area (Å²) < 4.78 is 0. The third-order valence-corrected chi connectivity index (χ3v) is 3.50. The zero-order valence-electron chi connectivity index (χ0n) is 10.5. The first-order chi connectivity index (χ1) is 7.62. The van der Waals surface area contributed by atoms with Crippen LogP contribution in [0.1, 0.15) is 31.7 Å². The molecule has 16 heavy (non-hydrogen) atoms. The molecule has 0 aromatic heterocycles. The van der Waals surface area contributed by atoms with Crippen molar-refractivity contribution in [1.82, 2.24) is 10.6 Å². The first-order valence-corrected chi connectivity index (χ1v) is 6.09. The molecule has 0 bridgehead atoms. The molecule has 0 radical (unpaired) electrons. The van der Waals surface area contributed by atoms with Crippen LogP contribution in [-0.4, -0.2) is 25.2 Å². The Labute approximate surface area is 98.4 Å². The lowest BCUT2D eigenvalue weighted by Gasteiger charge is -2.24. The monoisotopic (exact) mass is 218 g/mol. The van der Waals surface area contributed by atoms with Crippen molar-refractivity contribution in [2.24, 2.45) is 0 Å². The van der Waals surface area contributed by atoms with Gasteiger partial charge in [0.15, 0.2) is 0 Å². The highest BCUT2D eigenvalue weighted by atomic mass is 15.0. The van der Waals surface area contributed by atoms with Crippen molar-refractivity contribution in [1.29, 1.82) is 0 Å². The molecule has 2 atom stereocenters. The molecule has 2 rings (SSSR count). The maximum atomic E-state index is 3.63. The van der Waals surface area contributed by atoms with Gasteiger partial charge >= 0.3 is 0 Å². The van der Waals surface area contributed by atoms with Crippen LogP contribution in [0.2, 0.25) is 0 Å².